The summed E-state index contributed by atoms with van der Waals surface area (Å²) in [5.74, 6) is 1.08. The molecule has 1 aliphatic rings. The van der Waals surface area contributed by atoms with E-state index >= 15 is 0 Å². The van der Waals surface area contributed by atoms with E-state index in [1.54, 1.807) is 31.3 Å². The fraction of sp³-hybridized carbons (Fsp3) is 0.348. The highest BCUT2D eigenvalue weighted by Gasteiger charge is 2.36. The van der Waals surface area contributed by atoms with Gasteiger partial charge in [0.1, 0.15) is 5.58 Å². The number of aryl methyl sites for hydroxylation is 1. The molecule has 31 heavy (non-hydrogen) atoms. The molecule has 0 bridgehead atoms. The molecule has 7 nitrogen and oxygen atoms in total. The summed E-state index contributed by atoms with van der Waals surface area (Å²) in [6.07, 6.45) is 0.403. The van der Waals surface area contributed by atoms with Crippen LogP contribution in [-0.2, 0) is 16.4 Å². The minimum absolute atomic E-state index is 0.0503. The number of hydrogen-bond acceptors (Lipinski definition) is 6. The molecule has 0 aliphatic carbocycles. The monoisotopic (exact) mass is 443 g/mol. The van der Waals surface area contributed by atoms with E-state index in [2.05, 4.69) is 0 Å². The number of amides is 1. The Bertz CT molecular complexity index is 1230. The quantitative estimate of drug-likeness (QED) is 0.579. The van der Waals surface area contributed by atoms with Crippen LogP contribution in [0.3, 0.4) is 0 Å². The number of methoxy groups -OCH3 is 2. The fourth-order valence-electron chi connectivity index (χ4n) is 4.07. The van der Waals surface area contributed by atoms with Gasteiger partial charge in [-0.3, -0.25) is 4.79 Å². The zero-order chi connectivity index (χ0) is 22.2. The van der Waals surface area contributed by atoms with E-state index in [1.807, 2.05) is 37.3 Å². The SMILES string of the molecule is COc1ccc(CN(C(=O)c2oc3ccccc3c2C)[C@@H]2CCS(=O)(=O)C2)cc1OC. The highest BCUT2D eigenvalue weighted by atomic mass is 32.2. The van der Waals surface area contributed by atoms with Crippen molar-refractivity contribution < 1.29 is 27.1 Å². The average Bonchev–Trinajstić information content (AvgIpc) is 3.30. The number of fused-ring (bicyclic) bond motifs is 1. The van der Waals surface area contributed by atoms with Gasteiger partial charge in [-0.2, -0.15) is 0 Å². The van der Waals surface area contributed by atoms with Gasteiger partial charge in [0.05, 0.1) is 25.7 Å². The van der Waals surface area contributed by atoms with Crippen LogP contribution in [0, 0.1) is 6.92 Å². The van der Waals surface area contributed by atoms with E-state index in [1.165, 1.54) is 0 Å². The van der Waals surface area contributed by atoms with Crippen molar-refractivity contribution >= 4 is 26.7 Å². The van der Waals surface area contributed by atoms with Gasteiger partial charge in [-0.1, -0.05) is 24.3 Å². The number of benzene rings is 2. The summed E-state index contributed by atoms with van der Waals surface area (Å²) in [7, 11) is -0.0718. The minimum Gasteiger partial charge on any atom is -0.493 e. The lowest BCUT2D eigenvalue weighted by atomic mass is 10.1. The smallest absolute Gasteiger partial charge is 0.290 e. The predicted molar refractivity (Wildman–Crippen MR) is 117 cm³/mol. The molecule has 1 saturated heterocycles. The van der Waals surface area contributed by atoms with E-state index in [0.29, 0.717) is 23.5 Å². The van der Waals surface area contributed by atoms with Crippen LogP contribution in [0.15, 0.2) is 46.9 Å². The molecule has 2 heterocycles. The van der Waals surface area contributed by atoms with Crippen LogP contribution in [0.25, 0.3) is 11.0 Å². The predicted octanol–water partition coefficient (Wildman–Crippen LogP) is 3.59. The van der Waals surface area contributed by atoms with Crippen LogP contribution >= 0.6 is 0 Å². The number of hydrogen-bond donors (Lipinski definition) is 0. The van der Waals surface area contributed by atoms with Crippen molar-refractivity contribution in [1.82, 2.24) is 4.90 Å². The third kappa shape index (κ3) is 4.12. The second-order valence-electron chi connectivity index (χ2n) is 7.73. The van der Waals surface area contributed by atoms with Crippen molar-refractivity contribution in [3.8, 4) is 11.5 Å². The van der Waals surface area contributed by atoms with Gasteiger partial charge >= 0.3 is 0 Å². The van der Waals surface area contributed by atoms with Crippen molar-refractivity contribution in [3.05, 3.63) is 59.4 Å². The summed E-state index contributed by atoms with van der Waals surface area (Å²) in [4.78, 5) is 15.2. The van der Waals surface area contributed by atoms with Gasteiger partial charge in [-0.25, -0.2) is 8.42 Å². The van der Waals surface area contributed by atoms with E-state index < -0.39 is 15.9 Å². The van der Waals surface area contributed by atoms with Crippen LogP contribution in [0.5, 0.6) is 11.5 Å². The first kappa shape index (κ1) is 21.2. The van der Waals surface area contributed by atoms with Gasteiger partial charge in [-0.05, 0) is 37.1 Å². The van der Waals surface area contributed by atoms with Gasteiger partial charge in [0.15, 0.2) is 27.1 Å². The van der Waals surface area contributed by atoms with Gasteiger partial charge in [0.2, 0.25) is 0 Å². The second-order valence-corrected chi connectivity index (χ2v) is 9.96. The average molecular weight is 444 g/mol. The Morgan fingerprint density at radius 1 is 1.13 bits per heavy atom. The zero-order valence-corrected chi connectivity index (χ0v) is 18.6. The molecule has 1 fully saturated rings. The summed E-state index contributed by atoms with van der Waals surface area (Å²) in [6, 6.07) is 12.5. The molecule has 8 heteroatoms. The molecule has 0 N–H and O–H groups in total. The lowest BCUT2D eigenvalue weighted by Gasteiger charge is -2.28. The summed E-state index contributed by atoms with van der Waals surface area (Å²) in [5.41, 5.74) is 2.19. The Morgan fingerprint density at radius 3 is 2.52 bits per heavy atom. The Labute approximate surface area is 181 Å². The first-order chi connectivity index (χ1) is 14.8. The third-order valence-electron chi connectivity index (χ3n) is 5.75. The van der Waals surface area contributed by atoms with E-state index in [4.69, 9.17) is 13.9 Å². The van der Waals surface area contributed by atoms with Crippen molar-refractivity contribution in [3.63, 3.8) is 0 Å². The zero-order valence-electron chi connectivity index (χ0n) is 17.8. The van der Waals surface area contributed by atoms with E-state index in [-0.39, 0.29) is 29.7 Å². The number of carbonyl (C=O) groups excluding carboxylic acids is 1. The molecule has 0 saturated carbocycles. The molecule has 2 aromatic carbocycles. The molecule has 1 atom stereocenters. The van der Waals surface area contributed by atoms with Crippen LogP contribution in [0.2, 0.25) is 0 Å². The summed E-state index contributed by atoms with van der Waals surface area (Å²) < 4.78 is 40.9. The Hall–Kier alpha value is -3.00. The van der Waals surface area contributed by atoms with Crippen molar-refractivity contribution in [2.75, 3.05) is 25.7 Å². The molecule has 0 radical (unpaired) electrons. The lowest BCUT2D eigenvalue weighted by molar-refractivity contribution is 0.0649. The molecule has 1 amide bonds. The number of rotatable bonds is 6. The first-order valence-corrected chi connectivity index (χ1v) is 11.9. The Kier molecular flexibility index (Phi) is 5.66. The summed E-state index contributed by atoms with van der Waals surface area (Å²) >= 11 is 0. The maximum absolute atomic E-state index is 13.6. The molecule has 1 aromatic heterocycles. The molecular formula is C23H25NO6S. The Balaban J connectivity index is 1.72. The molecule has 1 aliphatic heterocycles. The number of para-hydroxylation sites is 1. The van der Waals surface area contributed by atoms with Crippen LogP contribution in [-0.4, -0.2) is 51.0 Å². The number of sulfone groups is 1. The molecule has 4 rings (SSSR count). The van der Waals surface area contributed by atoms with Gasteiger partial charge in [0.25, 0.3) is 5.91 Å². The Morgan fingerprint density at radius 2 is 1.87 bits per heavy atom. The molecule has 3 aromatic rings. The maximum atomic E-state index is 13.6. The van der Waals surface area contributed by atoms with E-state index in [0.717, 1.165) is 16.5 Å². The van der Waals surface area contributed by atoms with Crippen LogP contribution in [0.4, 0.5) is 0 Å². The first-order valence-electron chi connectivity index (χ1n) is 10.0. The largest absolute Gasteiger partial charge is 0.493 e. The van der Waals surface area contributed by atoms with Gasteiger partial charge in [0, 0.05) is 23.5 Å². The normalized spacial score (nSPS) is 17.6. The lowest BCUT2D eigenvalue weighted by Crippen LogP contribution is -2.40. The maximum Gasteiger partial charge on any atom is 0.290 e. The molecular weight excluding hydrogens is 418 g/mol. The number of ether oxygens (including phenoxy) is 2. The number of nitrogens with zero attached hydrogens (tertiary/aromatic N) is 1. The minimum atomic E-state index is -3.18. The third-order valence-corrected chi connectivity index (χ3v) is 7.50. The highest BCUT2D eigenvalue weighted by molar-refractivity contribution is 7.91. The van der Waals surface area contributed by atoms with E-state index in [9.17, 15) is 13.2 Å². The number of furan rings is 1. The van der Waals surface area contributed by atoms with Crippen molar-refractivity contribution in [1.29, 1.82) is 0 Å². The summed E-state index contributed by atoms with van der Waals surface area (Å²) in [6.45, 7) is 2.08. The molecule has 164 valence electrons. The van der Waals surface area contributed by atoms with Crippen LogP contribution < -0.4 is 9.47 Å². The van der Waals surface area contributed by atoms with Crippen molar-refractivity contribution in [2.45, 2.75) is 25.9 Å². The summed E-state index contributed by atoms with van der Waals surface area (Å²) in [5, 5.41) is 0.871. The topological polar surface area (TPSA) is 86.0 Å². The number of carbonyl (C=O) groups is 1. The molecule has 0 spiro atoms. The fourth-order valence-corrected chi connectivity index (χ4v) is 5.80. The van der Waals surface area contributed by atoms with Crippen LogP contribution in [0.1, 0.15) is 28.1 Å². The van der Waals surface area contributed by atoms with Gasteiger partial charge in [-0.15, -0.1) is 0 Å². The second kappa shape index (κ2) is 8.26. The molecule has 0 unspecified atom stereocenters. The highest BCUT2D eigenvalue weighted by Crippen LogP contribution is 2.31. The van der Waals surface area contributed by atoms with Crippen molar-refractivity contribution in [2.24, 2.45) is 0 Å². The van der Waals surface area contributed by atoms with Gasteiger partial charge < -0.3 is 18.8 Å². The standard InChI is InChI=1S/C23H25NO6S/c1-15-18-6-4-5-7-19(18)30-22(15)23(25)24(17-10-11-31(26,27)14-17)13-16-8-9-20(28-2)21(12-16)29-3/h4-9,12,17H,10-11,13-14H2,1-3H3/t17-/m1/s1.